The number of ether oxygens (including phenoxy) is 1. The van der Waals surface area contributed by atoms with Crippen molar-refractivity contribution in [3.8, 4) is 5.75 Å². The number of carbonyl (C=O) groups excluding carboxylic acids is 2. The number of benzene rings is 2. The third kappa shape index (κ3) is 4.05. The highest BCUT2D eigenvalue weighted by Gasteiger charge is 2.43. The Bertz CT molecular complexity index is 1270. The molecular formula is C26H30N4O5. The van der Waals surface area contributed by atoms with E-state index >= 15 is 0 Å². The van der Waals surface area contributed by atoms with E-state index in [2.05, 4.69) is 4.57 Å². The summed E-state index contributed by atoms with van der Waals surface area (Å²) < 4.78 is 7.68. The molecule has 0 radical (unpaired) electrons. The standard InChI is InChI=1S/C26H30N4O5/c1-3-10-28-15-24(31)30-14-23-20(12-22(30)26(28)33)19-11-18(35-2)8-9-21(19)29(23)13-16-4-6-17(7-5-16)25(32)27-34/h4-9,11,22,25,27,32,34H,3,10,12-15H2,1-2H3. The predicted molar refractivity (Wildman–Crippen MR) is 129 cm³/mol. The molecule has 3 N–H and O–H groups in total. The van der Waals surface area contributed by atoms with Crippen LogP contribution in [0.25, 0.3) is 10.9 Å². The molecule has 0 bridgehead atoms. The number of amides is 2. The van der Waals surface area contributed by atoms with E-state index in [0.29, 0.717) is 31.6 Å². The zero-order chi connectivity index (χ0) is 24.7. The molecule has 2 amide bonds. The van der Waals surface area contributed by atoms with Crippen molar-refractivity contribution in [2.45, 2.75) is 45.1 Å². The number of hydrogen-bond donors (Lipinski definition) is 3. The Morgan fingerprint density at radius 1 is 1.14 bits per heavy atom. The van der Waals surface area contributed by atoms with Crippen molar-refractivity contribution in [1.29, 1.82) is 0 Å². The third-order valence-corrected chi connectivity index (χ3v) is 7.08. The van der Waals surface area contributed by atoms with Crippen LogP contribution in [0.5, 0.6) is 5.75 Å². The lowest BCUT2D eigenvalue weighted by molar-refractivity contribution is -0.157. The Morgan fingerprint density at radius 2 is 1.91 bits per heavy atom. The number of carbonyl (C=O) groups is 2. The average molecular weight is 479 g/mol. The molecular weight excluding hydrogens is 448 g/mol. The van der Waals surface area contributed by atoms with Gasteiger partial charge in [0.15, 0.2) is 6.23 Å². The summed E-state index contributed by atoms with van der Waals surface area (Å²) in [7, 11) is 1.63. The van der Waals surface area contributed by atoms with Crippen LogP contribution in [0, 0.1) is 0 Å². The maximum atomic E-state index is 13.2. The number of aromatic nitrogens is 1. The molecule has 5 rings (SSSR count). The van der Waals surface area contributed by atoms with Crippen LogP contribution in [0.15, 0.2) is 42.5 Å². The van der Waals surface area contributed by atoms with E-state index in [1.54, 1.807) is 29.0 Å². The van der Waals surface area contributed by atoms with E-state index in [1.807, 2.05) is 42.7 Å². The van der Waals surface area contributed by atoms with Crippen LogP contribution in [-0.2, 0) is 29.1 Å². The summed E-state index contributed by atoms with van der Waals surface area (Å²) >= 11 is 0. The van der Waals surface area contributed by atoms with Gasteiger partial charge in [0.1, 0.15) is 11.8 Å². The molecule has 0 spiro atoms. The molecule has 184 valence electrons. The molecule has 1 fully saturated rings. The van der Waals surface area contributed by atoms with Crippen molar-refractivity contribution in [1.82, 2.24) is 19.8 Å². The van der Waals surface area contributed by atoms with Gasteiger partial charge in [0.05, 0.1) is 20.2 Å². The van der Waals surface area contributed by atoms with E-state index < -0.39 is 12.3 Å². The van der Waals surface area contributed by atoms with Crippen molar-refractivity contribution >= 4 is 22.7 Å². The lowest BCUT2D eigenvalue weighted by Crippen LogP contribution is -2.61. The van der Waals surface area contributed by atoms with Crippen LogP contribution in [0.2, 0.25) is 0 Å². The van der Waals surface area contributed by atoms with E-state index in [1.165, 1.54) is 0 Å². The van der Waals surface area contributed by atoms with Gasteiger partial charge >= 0.3 is 0 Å². The minimum atomic E-state index is -1.15. The van der Waals surface area contributed by atoms with Crippen LogP contribution >= 0.6 is 0 Å². The average Bonchev–Trinajstić information content (AvgIpc) is 3.18. The minimum Gasteiger partial charge on any atom is -0.497 e. The number of hydrogen-bond acceptors (Lipinski definition) is 6. The van der Waals surface area contributed by atoms with Gasteiger partial charge in [0.2, 0.25) is 11.8 Å². The summed E-state index contributed by atoms with van der Waals surface area (Å²) in [5, 5.41) is 19.8. The Morgan fingerprint density at radius 3 is 2.60 bits per heavy atom. The van der Waals surface area contributed by atoms with Crippen LogP contribution < -0.4 is 10.2 Å². The Labute approximate surface area is 203 Å². The van der Waals surface area contributed by atoms with E-state index in [-0.39, 0.29) is 18.4 Å². The first-order valence-electron chi connectivity index (χ1n) is 11.9. The number of aliphatic hydroxyl groups is 1. The second kappa shape index (κ2) is 9.33. The quantitative estimate of drug-likeness (QED) is 0.355. The van der Waals surface area contributed by atoms with Crippen molar-refractivity contribution < 1.29 is 24.6 Å². The second-order valence-electron chi connectivity index (χ2n) is 9.17. The van der Waals surface area contributed by atoms with Crippen LogP contribution in [0.1, 0.15) is 42.0 Å². The molecule has 35 heavy (non-hydrogen) atoms. The summed E-state index contributed by atoms with van der Waals surface area (Å²) in [6.45, 7) is 3.68. The zero-order valence-electron chi connectivity index (χ0n) is 19.9. The summed E-state index contributed by atoms with van der Waals surface area (Å²) in [5.41, 5.74) is 6.52. The number of hydroxylamine groups is 1. The number of fused-ring (bicyclic) bond motifs is 4. The van der Waals surface area contributed by atoms with Crippen molar-refractivity contribution in [3.63, 3.8) is 0 Å². The molecule has 9 heteroatoms. The predicted octanol–water partition coefficient (Wildman–Crippen LogP) is 2.17. The van der Waals surface area contributed by atoms with Crippen molar-refractivity contribution in [3.05, 3.63) is 64.8 Å². The monoisotopic (exact) mass is 478 g/mol. The van der Waals surface area contributed by atoms with E-state index in [0.717, 1.165) is 39.9 Å². The first kappa shape index (κ1) is 23.3. The van der Waals surface area contributed by atoms with Gasteiger partial charge in [-0.25, -0.2) is 0 Å². The summed E-state index contributed by atoms with van der Waals surface area (Å²) in [6.07, 6.45) is 0.144. The van der Waals surface area contributed by atoms with Gasteiger partial charge in [0.25, 0.3) is 0 Å². The molecule has 0 saturated carbocycles. The van der Waals surface area contributed by atoms with Crippen LogP contribution in [0.4, 0.5) is 0 Å². The van der Waals surface area contributed by atoms with Gasteiger partial charge in [-0.1, -0.05) is 31.2 Å². The normalized spacial score (nSPS) is 18.6. The largest absolute Gasteiger partial charge is 0.497 e. The molecule has 2 aliphatic rings. The number of aliphatic hydroxyl groups excluding tert-OH is 1. The number of nitrogens with one attached hydrogen (secondary N) is 1. The zero-order valence-corrected chi connectivity index (χ0v) is 19.9. The molecule has 2 aromatic carbocycles. The summed E-state index contributed by atoms with van der Waals surface area (Å²) in [4.78, 5) is 29.7. The highest BCUT2D eigenvalue weighted by atomic mass is 16.5. The minimum absolute atomic E-state index is 0.0158. The Hall–Kier alpha value is -3.40. The number of nitrogens with zero attached hydrogens (tertiary/aromatic N) is 3. The number of methoxy groups -OCH3 is 1. The maximum absolute atomic E-state index is 13.2. The Kier molecular flexibility index (Phi) is 6.22. The van der Waals surface area contributed by atoms with Crippen LogP contribution in [-0.4, -0.2) is 62.7 Å². The smallest absolute Gasteiger partial charge is 0.246 e. The molecule has 1 aromatic heterocycles. The molecule has 3 aromatic rings. The SMILES string of the molecule is CCCN1CC(=O)N2Cc3c(c4cc(OC)ccc4n3Cc3ccc(C(O)NO)cc3)CC2C1=O. The van der Waals surface area contributed by atoms with Crippen molar-refractivity contribution in [2.75, 3.05) is 20.2 Å². The molecule has 2 aliphatic heterocycles. The second-order valence-corrected chi connectivity index (χ2v) is 9.17. The molecule has 3 heterocycles. The van der Waals surface area contributed by atoms with Gasteiger partial charge in [-0.3, -0.25) is 9.59 Å². The molecule has 2 unspecified atom stereocenters. The van der Waals surface area contributed by atoms with Gasteiger partial charge < -0.3 is 29.4 Å². The first-order chi connectivity index (χ1) is 16.9. The van der Waals surface area contributed by atoms with Gasteiger partial charge in [-0.15, -0.1) is 0 Å². The molecule has 0 aliphatic carbocycles. The highest BCUT2D eigenvalue weighted by Crippen LogP contribution is 2.37. The Balaban J connectivity index is 1.56. The molecule has 9 nitrogen and oxygen atoms in total. The fraction of sp³-hybridized carbons (Fsp3) is 0.385. The fourth-order valence-corrected chi connectivity index (χ4v) is 5.29. The number of rotatable bonds is 7. The van der Waals surface area contributed by atoms with Crippen molar-refractivity contribution in [2.24, 2.45) is 0 Å². The summed E-state index contributed by atoms with van der Waals surface area (Å²) in [6, 6.07) is 12.8. The van der Waals surface area contributed by atoms with Crippen LogP contribution in [0.3, 0.4) is 0 Å². The lowest BCUT2D eigenvalue weighted by atomic mass is 9.93. The van der Waals surface area contributed by atoms with Gasteiger partial charge in [0, 0.05) is 36.1 Å². The first-order valence-corrected chi connectivity index (χ1v) is 11.9. The summed E-state index contributed by atoms with van der Waals surface area (Å²) in [5.74, 6) is 0.749. The fourth-order valence-electron chi connectivity index (χ4n) is 5.29. The number of piperazine rings is 1. The maximum Gasteiger partial charge on any atom is 0.246 e. The van der Waals surface area contributed by atoms with E-state index in [4.69, 9.17) is 9.94 Å². The molecule has 2 atom stereocenters. The lowest BCUT2D eigenvalue weighted by Gasteiger charge is -2.43. The topological polar surface area (TPSA) is 107 Å². The van der Waals surface area contributed by atoms with Gasteiger partial charge in [-0.05, 0) is 41.3 Å². The van der Waals surface area contributed by atoms with Gasteiger partial charge in [-0.2, -0.15) is 5.48 Å². The molecule has 1 saturated heterocycles. The highest BCUT2D eigenvalue weighted by molar-refractivity contribution is 5.97. The third-order valence-electron chi connectivity index (χ3n) is 7.08. The van der Waals surface area contributed by atoms with E-state index in [9.17, 15) is 14.7 Å².